The van der Waals surface area contributed by atoms with Crippen molar-refractivity contribution >= 4 is 10.8 Å². The average molecular weight is 272 g/mol. The van der Waals surface area contributed by atoms with E-state index in [2.05, 4.69) is 0 Å². The van der Waals surface area contributed by atoms with Gasteiger partial charge in [0.15, 0.2) is 6.29 Å². The number of aliphatic hydroxyl groups is 1. The molecule has 1 aromatic carbocycles. The predicted octanol–water partition coefficient (Wildman–Crippen LogP) is 1.47. The molecule has 0 aromatic heterocycles. The van der Waals surface area contributed by atoms with Gasteiger partial charge >= 0.3 is 0 Å². The van der Waals surface area contributed by atoms with Crippen LogP contribution in [0.1, 0.15) is 12.5 Å². The molecule has 0 amide bonds. The molecule has 1 unspecified atom stereocenters. The number of aryl methyl sites for hydroxylation is 1. The molecular weight excluding hydrogens is 252 g/mol. The second kappa shape index (κ2) is 6.99. The second-order valence-electron chi connectivity index (χ2n) is 4.15. The van der Waals surface area contributed by atoms with Gasteiger partial charge in [-0.1, -0.05) is 17.7 Å². The van der Waals surface area contributed by atoms with Gasteiger partial charge in [-0.3, -0.25) is 4.21 Å². The van der Waals surface area contributed by atoms with Crippen molar-refractivity contribution in [3.8, 4) is 0 Å². The van der Waals surface area contributed by atoms with E-state index in [9.17, 15) is 9.32 Å². The highest BCUT2D eigenvalue weighted by molar-refractivity contribution is 7.85. The number of methoxy groups -OCH3 is 2. The zero-order valence-electron chi connectivity index (χ0n) is 11.1. The van der Waals surface area contributed by atoms with Crippen molar-refractivity contribution in [3.63, 3.8) is 0 Å². The molecule has 1 N–H and O–H groups in total. The van der Waals surface area contributed by atoms with Gasteiger partial charge in [0, 0.05) is 19.1 Å². The van der Waals surface area contributed by atoms with Gasteiger partial charge < -0.3 is 14.6 Å². The molecule has 102 valence electrons. The van der Waals surface area contributed by atoms with Crippen molar-refractivity contribution in [2.75, 3.05) is 14.2 Å². The zero-order chi connectivity index (χ0) is 13.7. The van der Waals surface area contributed by atoms with Gasteiger partial charge in [0.25, 0.3) is 0 Å². The third-order valence-electron chi connectivity index (χ3n) is 2.82. The molecule has 0 heterocycles. The molecule has 0 fully saturated rings. The van der Waals surface area contributed by atoms with Crippen LogP contribution in [0.15, 0.2) is 29.2 Å². The number of hydrogen-bond donors (Lipinski definition) is 1. The number of benzene rings is 1. The summed E-state index contributed by atoms with van der Waals surface area (Å²) < 4.78 is 22.2. The van der Waals surface area contributed by atoms with Crippen LogP contribution in [-0.4, -0.2) is 41.2 Å². The summed E-state index contributed by atoms with van der Waals surface area (Å²) in [4.78, 5) is 0.693. The summed E-state index contributed by atoms with van der Waals surface area (Å²) in [6.45, 7) is 3.68. The van der Waals surface area contributed by atoms with Crippen LogP contribution in [0.3, 0.4) is 0 Å². The highest BCUT2D eigenvalue weighted by Crippen LogP contribution is 2.17. The standard InChI is InChI=1S/C13H20O4S/c1-9-5-7-11(8-6-9)18(15)10(2)12(14)13(16-3)17-4/h5-8,10,12-14H,1-4H3/t10-,12+,18?/m0/s1. The Balaban J connectivity index is 2.80. The molecule has 4 nitrogen and oxygen atoms in total. The van der Waals surface area contributed by atoms with Crippen molar-refractivity contribution in [2.24, 2.45) is 0 Å². The van der Waals surface area contributed by atoms with Crippen LogP contribution >= 0.6 is 0 Å². The fourth-order valence-corrected chi connectivity index (χ4v) is 2.83. The first-order valence-corrected chi connectivity index (χ1v) is 6.93. The van der Waals surface area contributed by atoms with E-state index >= 15 is 0 Å². The normalized spacial score (nSPS) is 16.6. The summed E-state index contributed by atoms with van der Waals surface area (Å²) in [7, 11) is 1.59. The SMILES string of the molecule is COC(OC)[C@H](O)[C@H](C)S(=O)c1ccc(C)cc1. The van der Waals surface area contributed by atoms with Crippen LogP contribution in [0, 0.1) is 6.92 Å². The van der Waals surface area contributed by atoms with Crippen molar-refractivity contribution < 1.29 is 18.8 Å². The molecule has 0 radical (unpaired) electrons. The lowest BCUT2D eigenvalue weighted by Gasteiger charge is -2.24. The maximum atomic E-state index is 12.3. The molecule has 0 spiro atoms. The third kappa shape index (κ3) is 3.62. The van der Waals surface area contributed by atoms with Crippen molar-refractivity contribution in [2.45, 2.75) is 36.4 Å². The van der Waals surface area contributed by atoms with Gasteiger partial charge in [-0.15, -0.1) is 0 Å². The van der Waals surface area contributed by atoms with Crippen LogP contribution in [-0.2, 0) is 20.3 Å². The fourth-order valence-electron chi connectivity index (χ4n) is 1.61. The molecule has 3 atom stereocenters. The fraction of sp³-hybridized carbons (Fsp3) is 0.538. The van der Waals surface area contributed by atoms with Crippen LogP contribution in [0.4, 0.5) is 0 Å². The van der Waals surface area contributed by atoms with Gasteiger partial charge in [-0.2, -0.15) is 0 Å². The minimum Gasteiger partial charge on any atom is -0.387 e. The monoisotopic (exact) mass is 272 g/mol. The van der Waals surface area contributed by atoms with Crippen molar-refractivity contribution in [3.05, 3.63) is 29.8 Å². The first kappa shape index (κ1) is 15.3. The lowest BCUT2D eigenvalue weighted by molar-refractivity contribution is -0.162. The molecule has 5 heteroatoms. The maximum absolute atomic E-state index is 12.3. The zero-order valence-corrected chi connectivity index (χ0v) is 11.9. The molecule has 1 aromatic rings. The van der Waals surface area contributed by atoms with Crippen molar-refractivity contribution in [1.82, 2.24) is 0 Å². The van der Waals surface area contributed by atoms with Crippen LogP contribution in [0.25, 0.3) is 0 Å². The number of hydrogen-bond acceptors (Lipinski definition) is 4. The van der Waals surface area contributed by atoms with E-state index in [-0.39, 0.29) is 0 Å². The molecule has 0 bridgehead atoms. The van der Waals surface area contributed by atoms with E-state index in [0.717, 1.165) is 5.56 Å². The first-order chi connectivity index (χ1) is 8.51. The molecule has 0 aliphatic rings. The Morgan fingerprint density at radius 3 is 2.11 bits per heavy atom. The molecule has 18 heavy (non-hydrogen) atoms. The third-order valence-corrected chi connectivity index (χ3v) is 4.51. The molecular formula is C13H20O4S. The van der Waals surface area contributed by atoms with Gasteiger partial charge in [0.2, 0.25) is 0 Å². The highest BCUT2D eigenvalue weighted by Gasteiger charge is 2.29. The van der Waals surface area contributed by atoms with E-state index in [4.69, 9.17) is 9.47 Å². The topological polar surface area (TPSA) is 55.8 Å². The van der Waals surface area contributed by atoms with E-state index in [1.807, 2.05) is 31.2 Å². The summed E-state index contributed by atoms with van der Waals surface area (Å²) >= 11 is 0. The van der Waals surface area contributed by atoms with Gasteiger partial charge in [-0.25, -0.2) is 0 Å². The minimum absolute atomic E-state index is 0.474. The number of rotatable bonds is 6. The molecule has 1 rings (SSSR count). The second-order valence-corrected chi connectivity index (χ2v) is 5.96. The Bertz CT molecular complexity index is 386. The molecule has 0 saturated carbocycles. The van der Waals surface area contributed by atoms with Crippen molar-refractivity contribution in [1.29, 1.82) is 0 Å². The average Bonchev–Trinajstić information content (AvgIpc) is 2.39. The van der Waals surface area contributed by atoms with Gasteiger partial charge in [-0.05, 0) is 26.0 Å². The lowest BCUT2D eigenvalue weighted by atomic mass is 10.2. The summed E-state index contributed by atoms with van der Waals surface area (Å²) in [5.74, 6) is 0. The Morgan fingerprint density at radius 2 is 1.67 bits per heavy atom. The van der Waals surface area contributed by atoms with E-state index in [0.29, 0.717) is 4.90 Å². The summed E-state index contributed by atoms with van der Waals surface area (Å²) in [5, 5.41) is 9.55. The van der Waals surface area contributed by atoms with Gasteiger partial charge in [0.1, 0.15) is 6.10 Å². The van der Waals surface area contributed by atoms with Crippen LogP contribution in [0.5, 0.6) is 0 Å². The van der Waals surface area contributed by atoms with E-state index in [1.165, 1.54) is 14.2 Å². The Morgan fingerprint density at radius 1 is 1.17 bits per heavy atom. The largest absolute Gasteiger partial charge is 0.387 e. The number of aliphatic hydroxyl groups excluding tert-OH is 1. The van der Waals surface area contributed by atoms with E-state index in [1.54, 1.807) is 6.92 Å². The highest BCUT2D eigenvalue weighted by atomic mass is 32.2. The Hall–Kier alpha value is -0.750. The lowest BCUT2D eigenvalue weighted by Crippen LogP contribution is -2.40. The quantitative estimate of drug-likeness (QED) is 0.797. The van der Waals surface area contributed by atoms with E-state index < -0.39 is 28.4 Å². The molecule has 0 saturated heterocycles. The summed E-state index contributed by atoms with van der Waals surface area (Å²) in [6, 6.07) is 7.42. The predicted molar refractivity (Wildman–Crippen MR) is 70.9 cm³/mol. The van der Waals surface area contributed by atoms with Crippen LogP contribution < -0.4 is 0 Å². The summed E-state index contributed by atoms with van der Waals surface area (Å²) in [5.41, 5.74) is 1.11. The van der Waals surface area contributed by atoms with Crippen LogP contribution in [0.2, 0.25) is 0 Å². The first-order valence-electron chi connectivity index (χ1n) is 5.72. The smallest absolute Gasteiger partial charge is 0.183 e. The Labute approximate surface area is 110 Å². The maximum Gasteiger partial charge on any atom is 0.183 e. The minimum atomic E-state index is -1.30. The van der Waals surface area contributed by atoms with Gasteiger partial charge in [0.05, 0.1) is 16.0 Å². The Kier molecular flexibility index (Phi) is 5.95. The molecule has 0 aliphatic carbocycles. The summed E-state index contributed by atoms with van der Waals surface area (Å²) in [6.07, 6.45) is -1.71. The number of ether oxygens (including phenoxy) is 2. The molecule has 0 aliphatic heterocycles.